The van der Waals surface area contributed by atoms with Crippen molar-refractivity contribution in [3.8, 4) is 169 Å². The van der Waals surface area contributed by atoms with E-state index in [1.165, 1.54) is 84.0 Å². The predicted octanol–water partition coefficient (Wildman–Crippen LogP) is 34.0. The number of benzene rings is 20. The van der Waals surface area contributed by atoms with Crippen LogP contribution < -0.4 is 0 Å². The topological polar surface area (TPSA) is 87.2 Å². The maximum absolute atomic E-state index is 5.39. The van der Waals surface area contributed by atoms with Crippen LogP contribution in [0.25, 0.3) is 253 Å². The Morgan fingerprint density at radius 2 is 0.463 bits per heavy atom. The molecule has 0 saturated carbocycles. The monoisotopic (exact) mass is 1770 g/mol. The number of thiophene rings is 2. The van der Waals surface area contributed by atoms with Crippen molar-refractivity contribution >= 4 is 107 Å². The zero-order valence-corrected chi connectivity index (χ0v) is 75.2. The van der Waals surface area contributed by atoms with E-state index in [0.717, 1.165) is 134 Å². The van der Waals surface area contributed by atoms with Gasteiger partial charge in [0.15, 0.2) is 34.9 Å². The van der Waals surface area contributed by atoms with Crippen molar-refractivity contribution in [1.82, 2.24) is 39.0 Å². The van der Waals surface area contributed by atoms with Gasteiger partial charge in [-0.15, -0.1) is 22.7 Å². The molecule has 0 aliphatic heterocycles. The molecule has 0 aliphatic carbocycles. The van der Waals surface area contributed by atoms with Gasteiger partial charge in [-0.2, -0.15) is 0 Å². The van der Waals surface area contributed by atoms with Gasteiger partial charge in [0.25, 0.3) is 0 Å². The van der Waals surface area contributed by atoms with Crippen LogP contribution in [0.4, 0.5) is 0 Å². The van der Waals surface area contributed by atoms with E-state index >= 15 is 0 Å². The van der Waals surface area contributed by atoms with Crippen molar-refractivity contribution in [2.75, 3.05) is 0 Å². The van der Waals surface area contributed by atoms with E-state index in [-0.39, 0.29) is 0 Å². The third-order valence-electron chi connectivity index (χ3n) is 26.2. The fourth-order valence-corrected chi connectivity index (χ4v) is 22.4. The molecule has 0 spiro atoms. The Morgan fingerprint density at radius 3 is 0.868 bits per heavy atom. The molecule has 0 aliphatic rings. The molecular formula is C126H80N8S2. The minimum Gasteiger partial charge on any atom is -0.309 e. The molecule has 26 rings (SSSR count). The maximum Gasteiger partial charge on any atom is 0.164 e. The van der Waals surface area contributed by atoms with E-state index in [9.17, 15) is 0 Å². The van der Waals surface area contributed by atoms with Crippen LogP contribution >= 0.6 is 22.7 Å². The molecule has 0 fully saturated rings. The molecule has 136 heavy (non-hydrogen) atoms. The minimum absolute atomic E-state index is 0.611. The van der Waals surface area contributed by atoms with E-state index in [1.54, 1.807) is 0 Å². The van der Waals surface area contributed by atoms with Crippen molar-refractivity contribution < 1.29 is 0 Å². The van der Waals surface area contributed by atoms with Crippen molar-refractivity contribution in [2.45, 2.75) is 0 Å². The Morgan fingerprint density at radius 1 is 0.154 bits per heavy atom. The first-order chi connectivity index (χ1) is 67.5. The van der Waals surface area contributed by atoms with Gasteiger partial charge in [-0.3, -0.25) is 0 Å². The molecule has 6 aromatic heterocycles. The van der Waals surface area contributed by atoms with Crippen LogP contribution in [-0.4, -0.2) is 39.0 Å². The summed E-state index contributed by atoms with van der Waals surface area (Å²) in [6.07, 6.45) is 0. The summed E-state index contributed by atoms with van der Waals surface area (Å²) in [4.78, 5) is 31.7. The summed E-state index contributed by atoms with van der Waals surface area (Å²) in [6, 6.07) is 173. The van der Waals surface area contributed by atoms with Crippen molar-refractivity contribution in [3.05, 3.63) is 485 Å². The number of rotatable bonds is 16. The third-order valence-corrected chi connectivity index (χ3v) is 28.5. The Bertz CT molecular complexity index is 8810. The second-order valence-electron chi connectivity index (χ2n) is 34.2. The lowest BCUT2D eigenvalue weighted by Gasteiger charge is -2.19. The number of hydrogen-bond donors (Lipinski definition) is 0. The van der Waals surface area contributed by atoms with Gasteiger partial charge < -0.3 is 9.13 Å². The summed E-state index contributed by atoms with van der Waals surface area (Å²) in [5, 5.41) is 10.1. The lowest BCUT2D eigenvalue weighted by molar-refractivity contribution is 1.07. The normalized spacial score (nSPS) is 11.5. The smallest absolute Gasteiger partial charge is 0.164 e. The Kier molecular flexibility index (Phi) is 20.5. The lowest BCUT2D eigenvalue weighted by Crippen LogP contribution is -2.01. The minimum atomic E-state index is 0.611. The number of para-hydroxylation sites is 4. The summed E-state index contributed by atoms with van der Waals surface area (Å²) >= 11 is 3.70. The van der Waals surface area contributed by atoms with E-state index in [0.29, 0.717) is 34.9 Å². The molecule has 0 saturated heterocycles. The maximum atomic E-state index is 5.39. The van der Waals surface area contributed by atoms with Gasteiger partial charge in [0.05, 0.1) is 22.1 Å². The highest BCUT2D eigenvalue weighted by atomic mass is 32.1. The molecular weight excluding hydrogens is 1690 g/mol. The van der Waals surface area contributed by atoms with Gasteiger partial charge in [0.2, 0.25) is 0 Å². The largest absolute Gasteiger partial charge is 0.309 e. The van der Waals surface area contributed by atoms with Crippen LogP contribution in [0.3, 0.4) is 0 Å². The molecule has 0 radical (unpaired) electrons. The van der Waals surface area contributed by atoms with Crippen LogP contribution in [0.2, 0.25) is 0 Å². The highest BCUT2D eigenvalue weighted by molar-refractivity contribution is 7.26. The zero-order chi connectivity index (χ0) is 89.9. The molecule has 8 nitrogen and oxygen atoms in total. The molecule has 10 heteroatoms. The molecule has 0 unspecified atom stereocenters. The van der Waals surface area contributed by atoms with Crippen LogP contribution in [0, 0.1) is 0 Å². The molecule has 0 amide bonds. The first-order valence-corrected chi connectivity index (χ1v) is 47.5. The third kappa shape index (κ3) is 14.5. The number of aromatic nitrogens is 8. The lowest BCUT2D eigenvalue weighted by atomic mass is 9.85. The Hall–Kier alpha value is -17.5. The van der Waals surface area contributed by atoms with E-state index in [4.69, 9.17) is 29.9 Å². The van der Waals surface area contributed by atoms with Crippen molar-refractivity contribution in [1.29, 1.82) is 0 Å². The highest BCUT2D eigenvalue weighted by Gasteiger charge is 2.28. The van der Waals surface area contributed by atoms with Gasteiger partial charge in [-0.1, -0.05) is 406 Å². The molecule has 6 heterocycles. The molecule has 0 atom stereocenters. The molecule has 26 aromatic rings. The highest BCUT2D eigenvalue weighted by Crippen LogP contribution is 2.52. The fraction of sp³-hybridized carbons (Fsp3) is 0. The Labute approximate surface area is 793 Å². The SMILES string of the molecule is c1ccc(-c2nc(-c3ccccc3)nc(-c3cc(-c4c(-c5ccccc5)cccc4-c4ccccc4)ccc3-c3ccc4c(c3)sc3ccc5c(c6ccccc6n5-c5ccccc5)c34)n2)cc1.c1ccc(-c2nc(-c3ccccc3)nc(-c3cc(-c4c(-c5ccccc5)cccc4-c4ccccc4)ccc3-c3cccc4c3sc3ccc5c(c6ccccc6n5-c5ccccc5)c34)n2)cc1. The molecule has 0 bridgehead atoms. The molecule has 20 aromatic carbocycles. The average Bonchev–Trinajstić information content (AvgIpc) is 1.56. The van der Waals surface area contributed by atoms with Crippen LogP contribution in [0.15, 0.2) is 485 Å². The second-order valence-corrected chi connectivity index (χ2v) is 36.3. The summed E-state index contributed by atoms with van der Waals surface area (Å²) in [5.74, 6) is 3.72. The number of nitrogens with zero attached hydrogens (tertiary/aromatic N) is 8. The summed E-state index contributed by atoms with van der Waals surface area (Å²) in [6.45, 7) is 0. The van der Waals surface area contributed by atoms with Crippen LogP contribution in [-0.2, 0) is 0 Å². The fourth-order valence-electron chi connectivity index (χ4n) is 20.0. The standard InChI is InChI=1S/2C63H40N4S/c1-6-20-41(21-7-1)47-31-18-32-48(42-22-8-2-9-23-42)57(47)45-36-37-49(53(40-45)63-65-61(43-24-10-3-11-25-43)64-62(66-63)44-26-12-4-13-27-44)50-33-19-34-52-59-56(68-60(50)52)39-38-55-58(59)51-30-16-17-35-54(51)67(55)46-28-14-5-15-29-46;1-6-19-41(20-7-1)49-30-18-31-50(42-21-8-2-9-22-42)58(49)46-34-35-48(53(39-46)63-65-61(43-23-10-3-11-24-43)64-62(66-63)44-25-12-4-13-26-44)45-33-36-52-57(40-45)68-56-38-37-55-59(60(52)56)51-29-16-17-32-54(51)67(55)47-27-14-5-15-28-47/h2*1-40H. The predicted molar refractivity (Wildman–Crippen MR) is 570 cm³/mol. The van der Waals surface area contributed by atoms with E-state index < -0.39 is 0 Å². The van der Waals surface area contributed by atoms with Gasteiger partial charge in [0.1, 0.15) is 0 Å². The van der Waals surface area contributed by atoms with Crippen molar-refractivity contribution in [2.24, 2.45) is 0 Å². The molecule has 636 valence electrons. The van der Waals surface area contributed by atoms with Crippen LogP contribution in [0.1, 0.15) is 0 Å². The quantitative estimate of drug-likeness (QED) is 0.0958. The van der Waals surface area contributed by atoms with E-state index in [1.807, 2.05) is 95.5 Å². The van der Waals surface area contributed by atoms with Gasteiger partial charge in [0, 0.05) is 112 Å². The van der Waals surface area contributed by atoms with Crippen LogP contribution in [0.5, 0.6) is 0 Å². The van der Waals surface area contributed by atoms with Gasteiger partial charge in [-0.25, -0.2) is 29.9 Å². The van der Waals surface area contributed by atoms with Gasteiger partial charge >= 0.3 is 0 Å². The second kappa shape index (κ2) is 34.6. The summed E-state index contributed by atoms with van der Waals surface area (Å²) in [5.41, 5.74) is 30.7. The summed E-state index contributed by atoms with van der Waals surface area (Å²) in [7, 11) is 0. The first-order valence-electron chi connectivity index (χ1n) is 45.9. The average molecular weight is 1770 g/mol. The summed E-state index contributed by atoms with van der Waals surface area (Å²) < 4.78 is 9.76. The Balaban J connectivity index is 0.000000145. The zero-order valence-electron chi connectivity index (χ0n) is 73.6. The van der Waals surface area contributed by atoms with Crippen molar-refractivity contribution in [3.63, 3.8) is 0 Å². The number of fused-ring (bicyclic) bond motifs is 14. The van der Waals surface area contributed by atoms with E-state index in [2.05, 4.69) is 422 Å². The number of hydrogen-bond acceptors (Lipinski definition) is 8. The van der Waals surface area contributed by atoms with Gasteiger partial charge in [-0.05, 0) is 162 Å². The first kappa shape index (κ1) is 80.5. The molecule has 0 N–H and O–H groups in total.